The van der Waals surface area contributed by atoms with E-state index in [1.807, 2.05) is 32.3 Å². The number of anilines is 1. The quantitative estimate of drug-likeness (QED) is 0.448. The Hall–Kier alpha value is -3.14. The Morgan fingerprint density at radius 3 is 2.79 bits per heavy atom. The number of aromatic amines is 1. The first kappa shape index (κ1) is 21.7. The van der Waals surface area contributed by atoms with Crippen LogP contribution in [0.4, 0.5) is 5.69 Å². The molecule has 1 fully saturated rings. The van der Waals surface area contributed by atoms with Crippen LogP contribution in [0.1, 0.15) is 5.69 Å². The zero-order chi connectivity index (χ0) is 22.9. The number of aryl methyl sites for hydroxylation is 2. The van der Waals surface area contributed by atoms with E-state index in [2.05, 4.69) is 42.4 Å². The molecule has 0 amide bonds. The van der Waals surface area contributed by atoms with E-state index in [-0.39, 0.29) is 0 Å². The molecule has 9 nitrogen and oxygen atoms in total. The predicted molar refractivity (Wildman–Crippen MR) is 128 cm³/mol. The summed E-state index contributed by atoms with van der Waals surface area (Å²) in [5.41, 5.74) is 4.11. The Morgan fingerprint density at radius 2 is 2.06 bits per heavy atom. The number of fused-ring (bicyclic) bond motifs is 1. The van der Waals surface area contributed by atoms with Gasteiger partial charge in [-0.1, -0.05) is 11.6 Å². The predicted octanol–water partition coefficient (Wildman–Crippen LogP) is 3.54. The third-order valence-corrected chi connectivity index (χ3v) is 6.01. The van der Waals surface area contributed by atoms with Gasteiger partial charge in [0.05, 0.1) is 24.1 Å². The number of imidazole rings is 1. The third-order valence-electron chi connectivity index (χ3n) is 5.74. The maximum Gasteiger partial charge on any atom is 0.182 e. The summed E-state index contributed by atoms with van der Waals surface area (Å²) < 4.78 is 13.2. The van der Waals surface area contributed by atoms with Gasteiger partial charge in [-0.25, -0.2) is 9.97 Å². The van der Waals surface area contributed by atoms with Crippen LogP contribution >= 0.6 is 11.6 Å². The smallest absolute Gasteiger partial charge is 0.182 e. The molecule has 0 saturated carbocycles. The van der Waals surface area contributed by atoms with Crippen molar-refractivity contribution in [2.45, 2.75) is 13.0 Å². The van der Waals surface area contributed by atoms with E-state index < -0.39 is 0 Å². The molecule has 2 N–H and O–H groups in total. The minimum atomic E-state index is 0.321. The van der Waals surface area contributed by atoms with Crippen molar-refractivity contribution in [3.63, 3.8) is 0 Å². The summed E-state index contributed by atoms with van der Waals surface area (Å²) >= 11 is 6.46. The molecule has 0 bridgehead atoms. The van der Waals surface area contributed by atoms with Gasteiger partial charge in [0, 0.05) is 51.7 Å². The fourth-order valence-electron chi connectivity index (χ4n) is 4.19. The molecule has 4 heterocycles. The van der Waals surface area contributed by atoms with E-state index >= 15 is 0 Å². The number of nitrogens with zero attached hydrogens (tertiary/aromatic N) is 5. The summed E-state index contributed by atoms with van der Waals surface area (Å²) in [6, 6.07) is 8.35. The average molecular weight is 468 g/mol. The van der Waals surface area contributed by atoms with Crippen LogP contribution in [0.2, 0.25) is 5.02 Å². The van der Waals surface area contributed by atoms with Gasteiger partial charge in [0.15, 0.2) is 11.4 Å². The number of aromatic nitrogens is 5. The minimum absolute atomic E-state index is 0.321. The molecule has 0 unspecified atom stereocenters. The Morgan fingerprint density at radius 1 is 1.24 bits per heavy atom. The largest absolute Gasteiger partial charge is 0.453 e. The maximum atomic E-state index is 6.46. The van der Waals surface area contributed by atoms with Crippen LogP contribution in [-0.4, -0.2) is 64.1 Å². The molecule has 10 heteroatoms. The van der Waals surface area contributed by atoms with Gasteiger partial charge < -0.3 is 24.7 Å². The summed E-state index contributed by atoms with van der Waals surface area (Å²) in [5.74, 6) is 1.86. The molecular weight excluding hydrogens is 442 g/mol. The summed E-state index contributed by atoms with van der Waals surface area (Å²) in [5, 5.41) is 8.28. The van der Waals surface area contributed by atoms with E-state index in [0.717, 1.165) is 36.6 Å². The number of methoxy groups -OCH3 is 1. The monoisotopic (exact) mass is 467 g/mol. The van der Waals surface area contributed by atoms with Crippen molar-refractivity contribution in [3.8, 4) is 22.9 Å². The standard InChI is InChI=1S/C23H26ClN7O2/c1-14-18(12-30(2)29-14)22-27-20-21(19(24)10-26-23(20)28-22)33-17-6-4-16(5-7-17)31-9-8-25-15(11-31)13-32-3/h4-7,10,12,15,25H,8-9,11,13H2,1-3H3,(H,26,27,28)/t15-/m1/s1. The zero-order valence-corrected chi connectivity index (χ0v) is 19.6. The first-order chi connectivity index (χ1) is 16.0. The number of piperazine rings is 1. The second-order valence-corrected chi connectivity index (χ2v) is 8.58. The number of pyridine rings is 1. The second-order valence-electron chi connectivity index (χ2n) is 8.17. The molecule has 1 aliphatic heterocycles. The molecule has 1 aromatic carbocycles. The highest BCUT2D eigenvalue weighted by Crippen LogP contribution is 2.36. The van der Waals surface area contributed by atoms with Gasteiger partial charge in [-0.15, -0.1) is 0 Å². The highest BCUT2D eigenvalue weighted by Gasteiger charge is 2.20. The van der Waals surface area contributed by atoms with Gasteiger partial charge in [-0.05, 0) is 31.2 Å². The molecule has 3 aromatic heterocycles. The molecule has 0 radical (unpaired) electrons. The van der Waals surface area contributed by atoms with Gasteiger partial charge in [0.2, 0.25) is 0 Å². The maximum absolute atomic E-state index is 6.46. The summed E-state index contributed by atoms with van der Waals surface area (Å²) in [6.45, 7) is 5.41. The highest BCUT2D eigenvalue weighted by atomic mass is 35.5. The normalized spacial score (nSPS) is 16.5. The van der Waals surface area contributed by atoms with E-state index in [1.54, 1.807) is 18.0 Å². The number of H-pyrrole nitrogens is 1. The molecule has 0 aliphatic carbocycles. The van der Waals surface area contributed by atoms with E-state index in [0.29, 0.717) is 46.2 Å². The molecule has 1 saturated heterocycles. The van der Waals surface area contributed by atoms with Crippen molar-refractivity contribution in [1.29, 1.82) is 0 Å². The average Bonchev–Trinajstić information content (AvgIpc) is 3.39. The number of benzene rings is 1. The van der Waals surface area contributed by atoms with Crippen LogP contribution in [0.15, 0.2) is 36.7 Å². The van der Waals surface area contributed by atoms with E-state index in [1.165, 1.54) is 0 Å². The zero-order valence-electron chi connectivity index (χ0n) is 18.8. The van der Waals surface area contributed by atoms with Crippen LogP contribution < -0.4 is 15.0 Å². The molecule has 1 atom stereocenters. The Bertz CT molecular complexity index is 1270. The first-order valence-corrected chi connectivity index (χ1v) is 11.2. The van der Waals surface area contributed by atoms with E-state index in [4.69, 9.17) is 21.1 Å². The van der Waals surface area contributed by atoms with Crippen molar-refractivity contribution in [3.05, 3.63) is 47.4 Å². The highest BCUT2D eigenvalue weighted by molar-refractivity contribution is 6.32. The van der Waals surface area contributed by atoms with Crippen molar-refractivity contribution < 1.29 is 9.47 Å². The second kappa shape index (κ2) is 9.01. The van der Waals surface area contributed by atoms with Crippen molar-refractivity contribution in [2.75, 3.05) is 38.3 Å². The molecule has 0 spiro atoms. The van der Waals surface area contributed by atoms with Crippen LogP contribution in [0.5, 0.6) is 11.5 Å². The van der Waals surface area contributed by atoms with Crippen molar-refractivity contribution in [2.24, 2.45) is 7.05 Å². The van der Waals surface area contributed by atoms with Gasteiger partial charge in [0.25, 0.3) is 0 Å². The number of hydrogen-bond acceptors (Lipinski definition) is 7. The molecule has 33 heavy (non-hydrogen) atoms. The van der Waals surface area contributed by atoms with Crippen LogP contribution in [0, 0.1) is 6.92 Å². The number of rotatable bonds is 6. The Labute approximate surface area is 196 Å². The third kappa shape index (κ3) is 4.39. The van der Waals surface area contributed by atoms with Gasteiger partial charge in [-0.2, -0.15) is 5.10 Å². The number of nitrogens with one attached hydrogen (secondary N) is 2. The Balaban J connectivity index is 1.40. The molecule has 172 valence electrons. The summed E-state index contributed by atoms with van der Waals surface area (Å²) in [7, 11) is 3.61. The van der Waals surface area contributed by atoms with Gasteiger partial charge >= 0.3 is 0 Å². The summed E-state index contributed by atoms with van der Waals surface area (Å²) in [4.78, 5) is 14.6. The molecular formula is C23H26ClN7O2. The first-order valence-electron chi connectivity index (χ1n) is 10.8. The lowest BCUT2D eigenvalue weighted by molar-refractivity contribution is 0.163. The fraction of sp³-hybridized carbons (Fsp3) is 0.348. The SMILES string of the molecule is COC[C@H]1CN(c2ccc(Oc3c(Cl)cnc4nc(-c5cn(C)nc5C)[nH]c34)cc2)CCN1. The summed E-state index contributed by atoms with van der Waals surface area (Å²) in [6.07, 6.45) is 3.48. The van der Waals surface area contributed by atoms with Crippen molar-refractivity contribution >= 4 is 28.5 Å². The van der Waals surface area contributed by atoms with E-state index in [9.17, 15) is 0 Å². The molecule has 5 rings (SSSR count). The number of halogens is 1. The number of ether oxygens (including phenoxy) is 2. The fourth-order valence-corrected chi connectivity index (χ4v) is 4.37. The van der Waals surface area contributed by atoms with Crippen LogP contribution in [-0.2, 0) is 11.8 Å². The van der Waals surface area contributed by atoms with Gasteiger partial charge in [0.1, 0.15) is 22.1 Å². The van der Waals surface area contributed by atoms with Crippen LogP contribution in [0.25, 0.3) is 22.6 Å². The topological polar surface area (TPSA) is 93.1 Å². The van der Waals surface area contributed by atoms with Crippen LogP contribution in [0.3, 0.4) is 0 Å². The lowest BCUT2D eigenvalue weighted by atomic mass is 10.2. The Kier molecular flexibility index (Phi) is 5.92. The number of hydrogen-bond donors (Lipinski definition) is 2. The molecule has 1 aliphatic rings. The van der Waals surface area contributed by atoms with Gasteiger partial charge in [-0.3, -0.25) is 4.68 Å². The molecule has 4 aromatic rings. The van der Waals surface area contributed by atoms with Crippen molar-refractivity contribution in [1.82, 2.24) is 30.0 Å². The lowest BCUT2D eigenvalue weighted by Crippen LogP contribution is -2.52. The minimum Gasteiger partial charge on any atom is -0.453 e. The lowest BCUT2D eigenvalue weighted by Gasteiger charge is -2.35.